The zero-order valence-corrected chi connectivity index (χ0v) is 16.8. The van der Waals surface area contributed by atoms with Crippen LogP contribution in [0.2, 0.25) is 0 Å². The number of rotatable bonds is 7. The van der Waals surface area contributed by atoms with Gasteiger partial charge in [0.25, 0.3) is 0 Å². The molecule has 2 heterocycles. The first-order chi connectivity index (χ1) is 10.8. The molecule has 0 saturated carbocycles. The Morgan fingerprint density at radius 1 is 1.30 bits per heavy atom. The molecule has 0 aliphatic carbocycles. The summed E-state index contributed by atoms with van der Waals surface area (Å²) in [5, 5.41) is 3.38. The van der Waals surface area contributed by atoms with Crippen LogP contribution in [0.4, 0.5) is 0 Å². The van der Waals surface area contributed by atoms with Gasteiger partial charge in [0.2, 0.25) is 0 Å². The van der Waals surface area contributed by atoms with Crippen LogP contribution in [-0.4, -0.2) is 76.2 Å². The van der Waals surface area contributed by atoms with Gasteiger partial charge >= 0.3 is 0 Å². The first kappa shape index (κ1) is 20.9. The second-order valence-corrected chi connectivity index (χ2v) is 5.83. The standard InChI is InChI=1S/C16H31N3O3.HI/c1-3-21-14-6-9-19(10-7-14)16(17-2)18-8-12-20-13-15-5-4-11-22-15;/h14-15H,3-13H2,1-2H3,(H,17,18);1H. The van der Waals surface area contributed by atoms with Crippen molar-refractivity contribution >= 4 is 29.9 Å². The molecule has 0 spiro atoms. The smallest absolute Gasteiger partial charge is 0.193 e. The molecular formula is C16H32IN3O3. The molecular weight excluding hydrogens is 409 g/mol. The highest BCUT2D eigenvalue weighted by Gasteiger charge is 2.21. The number of likely N-dealkylation sites (tertiary alicyclic amines) is 1. The first-order valence-electron chi connectivity index (χ1n) is 8.60. The number of hydrogen-bond donors (Lipinski definition) is 1. The monoisotopic (exact) mass is 441 g/mol. The Hall–Kier alpha value is -0.120. The predicted octanol–water partition coefficient (Wildman–Crippen LogP) is 1.88. The maximum Gasteiger partial charge on any atom is 0.193 e. The molecule has 0 bridgehead atoms. The average molecular weight is 441 g/mol. The molecule has 2 rings (SSSR count). The van der Waals surface area contributed by atoms with E-state index in [-0.39, 0.29) is 24.0 Å². The van der Waals surface area contributed by atoms with E-state index in [2.05, 4.69) is 22.1 Å². The minimum Gasteiger partial charge on any atom is -0.378 e. The number of halogens is 1. The molecule has 7 heteroatoms. The maximum atomic E-state index is 5.69. The highest BCUT2D eigenvalue weighted by Crippen LogP contribution is 2.14. The molecule has 0 aromatic rings. The Morgan fingerprint density at radius 2 is 2.09 bits per heavy atom. The molecule has 1 atom stereocenters. The number of guanidine groups is 1. The summed E-state index contributed by atoms with van der Waals surface area (Å²) in [5.41, 5.74) is 0. The summed E-state index contributed by atoms with van der Waals surface area (Å²) < 4.78 is 16.9. The van der Waals surface area contributed by atoms with Crippen molar-refractivity contribution in [3.63, 3.8) is 0 Å². The van der Waals surface area contributed by atoms with Crippen LogP contribution in [0.5, 0.6) is 0 Å². The summed E-state index contributed by atoms with van der Waals surface area (Å²) in [6, 6.07) is 0. The van der Waals surface area contributed by atoms with E-state index in [1.807, 2.05) is 7.05 Å². The van der Waals surface area contributed by atoms with Gasteiger partial charge in [0.15, 0.2) is 5.96 Å². The van der Waals surface area contributed by atoms with Crippen LogP contribution in [0.15, 0.2) is 4.99 Å². The van der Waals surface area contributed by atoms with Gasteiger partial charge in [-0.25, -0.2) is 0 Å². The van der Waals surface area contributed by atoms with Crippen molar-refractivity contribution in [2.75, 3.05) is 53.1 Å². The van der Waals surface area contributed by atoms with Crippen molar-refractivity contribution in [2.45, 2.75) is 44.8 Å². The largest absolute Gasteiger partial charge is 0.378 e. The van der Waals surface area contributed by atoms with Gasteiger partial charge in [0.05, 0.1) is 25.4 Å². The lowest BCUT2D eigenvalue weighted by Gasteiger charge is -2.34. The van der Waals surface area contributed by atoms with Crippen LogP contribution in [0.3, 0.4) is 0 Å². The molecule has 23 heavy (non-hydrogen) atoms. The third kappa shape index (κ3) is 7.53. The number of nitrogens with zero attached hydrogens (tertiary/aromatic N) is 2. The Bertz CT molecular complexity index is 331. The fourth-order valence-electron chi connectivity index (χ4n) is 3.03. The van der Waals surface area contributed by atoms with E-state index < -0.39 is 0 Å². The highest BCUT2D eigenvalue weighted by atomic mass is 127. The summed E-state index contributed by atoms with van der Waals surface area (Å²) in [4.78, 5) is 6.67. The second-order valence-electron chi connectivity index (χ2n) is 5.83. The van der Waals surface area contributed by atoms with Gasteiger partial charge in [-0.15, -0.1) is 24.0 Å². The molecule has 2 aliphatic rings. The van der Waals surface area contributed by atoms with Crippen LogP contribution in [0.1, 0.15) is 32.6 Å². The van der Waals surface area contributed by atoms with Crippen LogP contribution >= 0.6 is 24.0 Å². The summed E-state index contributed by atoms with van der Waals surface area (Å²) in [7, 11) is 1.84. The third-order valence-corrected chi connectivity index (χ3v) is 4.21. The summed E-state index contributed by atoms with van der Waals surface area (Å²) in [6.45, 7) is 7.93. The lowest BCUT2D eigenvalue weighted by atomic mass is 10.1. The molecule has 0 aromatic carbocycles. The van der Waals surface area contributed by atoms with Crippen LogP contribution in [-0.2, 0) is 14.2 Å². The fourth-order valence-corrected chi connectivity index (χ4v) is 3.03. The predicted molar refractivity (Wildman–Crippen MR) is 103 cm³/mol. The molecule has 2 fully saturated rings. The Balaban J connectivity index is 0.00000264. The number of nitrogens with one attached hydrogen (secondary N) is 1. The summed E-state index contributed by atoms with van der Waals surface area (Å²) >= 11 is 0. The SMILES string of the molecule is CCOC1CCN(C(=NC)NCCOCC2CCCO2)CC1.I. The van der Waals surface area contributed by atoms with Gasteiger partial charge in [-0.2, -0.15) is 0 Å². The Labute approximate surface area is 157 Å². The Morgan fingerprint density at radius 3 is 2.70 bits per heavy atom. The molecule has 1 N–H and O–H groups in total. The molecule has 2 saturated heterocycles. The van der Waals surface area contributed by atoms with E-state index in [0.29, 0.717) is 25.4 Å². The fraction of sp³-hybridized carbons (Fsp3) is 0.938. The van der Waals surface area contributed by atoms with E-state index in [9.17, 15) is 0 Å². The van der Waals surface area contributed by atoms with Gasteiger partial charge in [0, 0.05) is 39.9 Å². The van der Waals surface area contributed by atoms with Gasteiger partial charge in [0.1, 0.15) is 0 Å². The van der Waals surface area contributed by atoms with E-state index >= 15 is 0 Å². The van der Waals surface area contributed by atoms with Crippen LogP contribution in [0, 0.1) is 0 Å². The van der Waals surface area contributed by atoms with Crippen molar-refractivity contribution in [3.8, 4) is 0 Å². The number of aliphatic imine (C=N–C) groups is 1. The lowest BCUT2D eigenvalue weighted by molar-refractivity contribution is 0.0183. The zero-order valence-electron chi connectivity index (χ0n) is 14.5. The first-order valence-corrected chi connectivity index (χ1v) is 8.60. The van der Waals surface area contributed by atoms with Gasteiger partial charge in [-0.1, -0.05) is 0 Å². The summed E-state index contributed by atoms with van der Waals surface area (Å²) in [5.74, 6) is 0.968. The topological polar surface area (TPSA) is 55.3 Å². The second kappa shape index (κ2) is 12.3. The molecule has 6 nitrogen and oxygen atoms in total. The van der Waals surface area contributed by atoms with Crippen molar-refractivity contribution in [1.29, 1.82) is 0 Å². The van der Waals surface area contributed by atoms with E-state index in [4.69, 9.17) is 14.2 Å². The van der Waals surface area contributed by atoms with Gasteiger partial charge in [-0.3, -0.25) is 4.99 Å². The quantitative estimate of drug-likeness (QED) is 0.283. The molecule has 2 aliphatic heterocycles. The van der Waals surface area contributed by atoms with E-state index in [1.54, 1.807) is 0 Å². The normalized spacial score (nSPS) is 23.0. The summed E-state index contributed by atoms with van der Waals surface area (Å²) in [6.07, 6.45) is 5.15. The molecule has 1 unspecified atom stereocenters. The minimum atomic E-state index is 0. The zero-order chi connectivity index (χ0) is 15.6. The minimum absolute atomic E-state index is 0. The van der Waals surface area contributed by atoms with Crippen molar-refractivity contribution < 1.29 is 14.2 Å². The van der Waals surface area contributed by atoms with Gasteiger partial charge < -0.3 is 24.4 Å². The van der Waals surface area contributed by atoms with Crippen LogP contribution < -0.4 is 5.32 Å². The molecule has 0 aromatic heterocycles. The average Bonchev–Trinajstić information content (AvgIpc) is 3.06. The third-order valence-electron chi connectivity index (χ3n) is 4.21. The molecule has 0 radical (unpaired) electrons. The molecule has 136 valence electrons. The van der Waals surface area contributed by atoms with Crippen LogP contribution in [0.25, 0.3) is 0 Å². The number of hydrogen-bond acceptors (Lipinski definition) is 4. The number of ether oxygens (including phenoxy) is 3. The van der Waals surface area contributed by atoms with Crippen molar-refractivity contribution in [1.82, 2.24) is 10.2 Å². The number of piperidine rings is 1. The Kier molecular flexibility index (Phi) is 11.2. The van der Waals surface area contributed by atoms with Crippen molar-refractivity contribution in [3.05, 3.63) is 0 Å². The van der Waals surface area contributed by atoms with E-state index in [1.165, 1.54) is 0 Å². The lowest BCUT2D eigenvalue weighted by Crippen LogP contribution is -2.47. The van der Waals surface area contributed by atoms with Gasteiger partial charge in [-0.05, 0) is 32.6 Å². The maximum absolute atomic E-state index is 5.69. The molecule has 0 amide bonds. The highest BCUT2D eigenvalue weighted by molar-refractivity contribution is 14.0. The van der Waals surface area contributed by atoms with E-state index in [0.717, 1.165) is 64.5 Å². The van der Waals surface area contributed by atoms with Crippen molar-refractivity contribution in [2.24, 2.45) is 4.99 Å².